The highest BCUT2D eigenvalue weighted by molar-refractivity contribution is 5.95. The van der Waals surface area contributed by atoms with Gasteiger partial charge in [-0.2, -0.15) is 0 Å². The summed E-state index contributed by atoms with van der Waals surface area (Å²) in [4.78, 5) is 32.5. The highest BCUT2D eigenvalue weighted by Crippen LogP contribution is 2.53. The molecule has 26 heavy (non-hydrogen) atoms. The predicted molar refractivity (Wildman–Crippen MR) is 100 cm³/mol. The highest BCUT2D eigenvalue weighted by Gasteiger charge is 2.56. The minimum Gasteiger partial charge on any atom is -0.378 e. The van der Waals surface area contributed by atoms with E-state index in [2.05, 4.69) is 15.3 Å². The lowest BCUT2D eigenvalue weighted by molar-refractivity contribution is -0.146. The van der Waals surface area contributed by atoms with Crippen molar-refractivity contribution in [3.05, 3.63) is 27.4 Å². The summed E-state index contributed by atoms with van der Waals surface area (Å²) >= 11 is 0. The number of aromatic nitrogens is 2. The van der Waals surface area contributed by atoms with E-state index in [1.54, 1.807) is 6.92 Å². The van der Waals surface area contributed by atoms with Crippen molar-refractivity contribution in [1.29, 1.82) is 0 Å². The van der Waals surface area contributed by atoms with E-state index in [0.717, 1.165) is 19.3 Å². The third-order valence-electron chi connectivity index (χ3n) is 6.14. The number of hydrogen-bond acceptors (Lipinski definition) is 4. The van der Waals surface area contributed by atoms with E-state index in [9.17, 15) is 9.59 Å². The lowest BCUT2D eigenvalue weighted by atomic mass is 9.55. The van der Waals surface area contributed by atoms with Crippen molar-refractivity contribution in [3.63, 3.8) is 0 Å². The van der Waals surface area contributed by atoms with Gasteiger partial charge in [-0.1, -0.05) is 33.1 Å². The van der Waals surface area contributed by atoms with Crippen LogP contribution in [-0.2, 0) is 4.74 Å². The van der Waals surface area contributed by atoms with Crippen LogP contribution in [0.1, 0.15) is 87.1 Å². The van der Waals surface area contributed by atoms with Gasteiger partial charge in [0.1, 0.15) is 11.4 Å². The summed E-state index contributed by atoms with van der Waals surface area (Å²) in [5.41, 5.74) is 0.321. The average Bonchev–Trinajstić information content (AvgIpc) is 2.61. The maximum Gasteiger partial charge on any atom is 0.264 e. The fraction of sp³-hybridized carbons (Fsp3) is 0.750. The first kappa shape index (κ1) is 19.1. The molecule has 0 aliphatic heterocycles. The summed E-state index contributed by atoms with van der Waals surface area (Å²) in [5.74, 6) is 0.423. The van der Waals surface area contributed by atoms with Crippen LogP contribution in [-0.4, -0.2) is 34.6 Å². The van der Waals surface area contributed by atoms with Crippen LogP contribution in [0.15, 0.2) is 4.79 Å². The second-order valence-electron chi connectivity index (χ2n) is 8.07. The van der Waals surface area contributed by atoms with Gasteiger partial charge < -0.3 is 15.0 Å². The average molecular weight is 361 g/mol. The molecule has 0 saturated heterocycles. The summed E-state index contributed by atoms with van der Waals surface area (Å²) in [7, 11) is 0. The molecule has 6 heteroatoms. The number of amides is 1. The number of carbonyl (C=O) groups excluding carboxylic acids is 1. The summed E-state index contributed by atoms with van der Waals surface area (Å²) < 4.78 is 5.95. The van der Waals surface area contributed by atoms with Crippen LogP contribution in [0.2, 0.25) is 0 Å². The molecule has 0 bridgehead atoms. The number of aromatic amines is 1. The van der Waals surface area contributed by atoms with E-state index in [0.29, 0.717) is 18.1 Å². The summed E-state index contributed by atoms with van der Waals surface area (Å²) in [6.45, 7) is 8.38. The molecule has 0 radical (unpaired) electrons. The molecule has 2 aliphatic carbocycles. The van der Waals surface area contributed by atoms with E-state index in [-0.39, 0.29) is 40.5 Å². The molecule has 3 rings (SSSR count). The van der Waals surface area contributed by atoms with Gasteiger partial charge in [-0.15, -0.1) is 0 Å². The molecule has 2 fully saturated rings. The maximum atomic E-state index is 12.8. The normalized spacial score (nSPS) is 24.5. The van der Waals surface area contributed by atoms with Crippen LogP contribution in [0.5, 0.6) is 0 Å². The van der Waals surface area contributed by atoms with Gasteiger partial charge in [-0.3, -0.25) is 9.59 Å². The number of H-pyrrole nitrogens is 1. The van der Waals surface area contributed by atoms with E-state index in [1.807, 2.05) is 20.8 Å². The zero-order valence-corrected chi connectivity index (χ0v) is 16.4. The standard InChI is InChI=1S/C20H31N3O3/c1-5-26-15-11-14(20(15)9-7-6-8-10-20)22-18(24)16-13(4)21-17(12(2)3)23-19(16)25/h12,14-15H,5-11H2,1-4H3,(H,22,24)(H,21,23,25)/t14-,15-/m1/s1. The second-order valence-corrected chi connectivity index (χ2v) is 8.07. The Morgan fingerprint density at radius 3 is 2.62 bits per heavy atom. The number of nitrogens with zero attached hydrogens (tertiary/aromatic N) is 1. The van der Waals surface area contributed by atoms with Gasteiger partial charge in [0.2, 0.25) is 0 Å². The van der Waals surface area contributed by atoms with Crippen LogP contribution in [0, 0.1) is 12.3 Å². The van der Waals surface area contributed by atoms with E-state index >= 15 is 0 Å². The number of rotatable bonds is 5. The second kappa shape index (κ2) is 7.51. The Kier molecular flexibility index (Phi) is 5.51. The SMILES string of the molecule is CCO[C@@H]1C[C@@H](NC(=O)c2c(C)nc(C(C)C)[nH]c2=O)C12CCCCC2. The van der Waals surface area contributed by atoms with Gasteiger partial charge >= 0.3 is 0 Å². The van der Waals surface area contributed by atoms with Gasteiger partial charge in [-0.25, -0.2) is 4.98 Å². The molecule has 1 aromatic rings. The van der Waals surface area contributed by atoms with Crippen LogP contribution in [0.3, 0.4) is 0 Å². The molecule has 2 saturated carbocycles. The van der Waals surface area contributed by atoms with E-state index in [4.69, 9.17) is 4.74 Å². The fourth-order valence-corrected chi connectivity index (χ4v) is 4.64. The van der Waals surface area contributed by atoms with Crippen molar-refractivity contribution in [2.75, 3.05) is 6.61 Å². The van der Waals surface area contributed by atoms with Crippen molar-refractivity contribution in [2.45, 2.75) is 84.3 Å². The molecular formula is C20H31N3O3. The molecule has 1 aromatic heterocycles. The zero-order valence-electron chi connectivity index (χ0n) is 16.4. The Morgan fingerprint density at radius 2 is 2.04 bits per heavy atom. The fourth-order valence-electron chi connectivity index (χ4n) is 4.64. The molecule has 1 amide bonds. The highest BCUT2D eigenvalue weighted by atomic mass is 16.5. The van der Waals surface area contributed by atoms with Gasteiger partial charge in [-0.05, 0) is 33.1 Å². The van der Waals surface area contributed by atoms with Crippen LogP contribution >= 0.6 is 0 Å². The number of hydrogen-bond donors (Lipinski definition) is 2. The Bertz CT molecular complexity index is 720. The van der Waals surface area contributed by atoms with Gasteiger partial charge in [0.15, 0.2) is 0 Å². The quantitative estimate of drug-likeness (QED) is 0.844. The third kappa shape index (κ3) is 3.31. The molecule has 6 nitrogen and oxygen atoms in total. The molecule has 2 aliphatic rings. The Labute approximate surface area is 155 Å². The summed E-state index contributed by atoms with van der Waals surface area (Å²) in [5, 5.41) is 3.13. The summed E-state index contributed by atoms with van der Waals surface area (Å²) in [6.07, 6.45) is 6.83. The number of nitrogens with one attached hydrogen (secondary N) is 2. The van der Waals surface area contributed by atoms with E-state index < -0.39 is 0 Å². The monoisotopic (exact) mass is 361 g/mol. The van der Waals surface area contributed by atoms with Crippen molar-refractivity contribution >= 4 is 5.91 Å². The van der Waals surface area contributed by atoms with Crippen LogP contribution in [0.25, 0.3) is 0 Å². The number of ether oxygens (including phenoxy) is 1. The molecular weight excluding hydrogens is 330 g/mol. The molecule has 1 spiro atoms. The molecule has 144 valence electrons. The van der Waals surface area contributed by atoms with Crippen molar-refractivity contribution < 1.29 is 9.53 Å². The van der Waals surface area contributed by atoms with E-state index in [1.165, 1.54) is 19.3 Å². The maximum absolute atomic E-state index is 12.8. The first-order valence-corrected chi connectivity index (χ1v) is 9.92. The number of carbonyl (C=O) groups is 1. The van der Waals surface area contributed by atoms with Crippen molar-refractivity contribution in [1.82, 2.24) is 15.3 Å². The minimum atomic E-state index is -0.350. The Hall–Kier alpha value is -1.69. The van der Waals surface area contributed by atoms with Crippen molar-refractivity contribution in [2.24, 2.45) is 5.41 Å². The molecule has 2 atom stereocenters. The Morgan fingerprint density at radius 1 is 1.35 bits per heavy atom. The molecule has 2 N–H and O–H groups in total. The molecule has 0 aromatic carbocycles. The number of aryl methyl sites for hydroxylation is 1. The lowest BCUT2D eigenvalue weighted by Gasteiger charge is -2.57. The molecule has 1 heterocycles. The smallest absolute Gasteiger partial charge is 0.264 e. The van der Waals surface area contributed by atoms with Gasteiger partial charge in [0.25, 0.3) is 11.5 Å². The predicted octanol–water partition coefficient (Wildman–Crippen LogP) is 3.06. The minimum absolute atomic E-state index is 0.0376. The first-order chi connectivity index (χ1) is 12.4. The third-order valence-corrected chi connectivity index (χ3v) is 6.14. The zero-order chi connectivity index (χ0) is 18.9. The van der Waals surface area contributed by atoms with Crippen molar-refractivity contribution in [3.8, 4) is 0 Å². The van der Waals surface area contributed by atoms with Crippen LogP contribution in [0.4, 0.5) is 0 Å². The van der Waals surface area contributed by atoms with Gasteiger partial charge in [0, 0.05) is 24.0 Å². The molecule has 0 unspecified atom stereocenters. The lowest BCUT2D eigenvalue weighted by Crippen LogP contribution is -2.65. The van der Waals surface area contributed by atoms with Crippen LogP contribution < -0.4 is 10.9 Å². The summed E-state index contributed by atoms with van der Waals surface area (Å²) in [6, 6.07) is 0.0791. The topological polar surface area (TPSA) is 84.1 Å². The first-order valence-electron chi connectivity index (χ1n) is 9.92. The largest absolute Gasteiger partial charge is 0.378 e. The van der Waals surface area contributed by atoms with Gasteiger partial charge in [0.05, 0.1) is 11.8 Å². The Balaban J connectivity index is 1.79.